The van der Waals surface area contributed by atoms with Gasteiger partial charge in [-0.3, -0.25) is 4.98 Å². The van der Waals surface area contributed by atoms with Crippen LogP contribution in [0.1, 0.15) is 75.5 Å². The summed E-state index contributed by atoms with van der Waals surface area (Å²) in [4.78, 5) is 4.33. The van der Waals surface area contributed by atoms with E-state index in [0.717, 1.165) is 12.5 Å². The Balaban J connectivity index is 1.94. The van der Waals surface area contributed by atoms with Gasteiger partial charge in [-0.15, -0.1) is 0 Å². The predicted octanol–water partition coefficient (Wildman–Crippen LogP) is 4.79. The summed E-state index contributed by atoms with van der Waals surface area (Å²) in [5.41, 5.74) is 2.77. The van der Waals surface area contributed by atoms with E-state index in [-0.39, 0.29) is 0 Å². The van der Waals surface area contributed by atoms with Gasteiger partial charge in [-0.1, -0.05) is 39.0 Å². The average molecular weight is 274 g/mol. The summed E-state index contributed by atoms with van der Waals surface area (Å²) < 4.78 is 0. The van der Waals surface area contributed by atoms with Gasteiger partial charge in [0.1, 0.15) is 0 Å². The molecule has 1 saturated carbocycles. The molecule has 1 unspecified atom stereocenters. The van der Waals surface area contributed by atoms with E-state index in [1.807, 2.05) is 6.20 Å². The van der Waals surface area contributed by atoms with Crippen molar-refractivity contribution in [3.8, 4) is 0 Å². The SMILES string of the molecule is CCCNC(CCC1CCCCC1)c1cnccc1C. The van der Waals surface area contributed by atoms with Crippen LogP contribution in [0.4, 0.5) is 0 Å². The topological polar surface area (TPSA) is 24.9 Å². The number of pyridine rings is 1. The van der Waals surface area contributed by atoms with Crippen LogP contribution in [0.2, 0.25) is 0 Å². The second kappa shape index (κ2) is 8.41. The lowest BCUT2D eigenvalue weighted by Crippen LogP contribution is -2.24. The number of nitrogens with one attached hydrogen (secondary N) is 1. The molecule has 112 valence electrons. The fraction of sp³-hybridized carbons (Fsp3) is 0.722. The van der Waals surface area contributed by atoms with Gasteiger partial charge in [-0.25, -0.2) is 0 Å². The maximum absolute atomic E-state index is 4.33. The zero-order valence-electron chi connectivity index (χ0n) is 13.2. The van der Waals surface area contributed by atoms with Crippen LogP contribution in [0.15, 0.2) is 18.5 Å². The molecule has 1 heterocycles. The standard InChI is InChI=1S/C18H30N2/c1-3-12-20-18(17-14-19-13-11-15(17)2)10-9-16-7-5-4-6-8-16/h11,13-14,16,18,20H,3-10,12H2,1-2H3. The molecule has 0 saturated heterocycles. The van der Waals surface area contributed by atoms with Crippen LogP contribution < -0.4 is 5.32 Å². The fourth-order valence-electron chi connectivity index (χ4n) is 3.41. The lowest BCUT2D eigenvalue weighted by molar-refractivity contribution is 0.314. The Morgan fingerprint density at radius 3 is 2.80 bits per heavy atom. The molecule has 1 aromatic rings. The molecule has 1 aromatic heterocycles. The zero-order chi connectivity index (χ0) is 14.2. The van der Waals surface area contributed by atoms with Crippen molar-refractivity contribution in [3.63, 3.8) is 0 Å². The van der Waals surface area contributed by atoms with Crippen molar-refractivity contribution in [2.45, 2.75) is 71.3 Å². The van der Waals surface area contributed by atoms with Crippen molar-refractivity contribution in [1.82, 2.24) is 10.3 Å². The van der Waals surface area contributed by atoms with Crippen LogP contribution >= 0.6 is 0 Å². The van der Waals surface area contributed by atoms with Gasteiger partial charge in [-0.2, -0.15) is 0 Å². The van der Waals surface area contributed by atoms with Crippen LogP contribution in [-0.2, 0) is 0 Å². The maximum atomic E-state index is 4.33. The van der Waals surface area contributed by atoms with Gasteiger partial charge in [0.15, 0.2) is 0 Å². The normalized spacial score (nSPS) is 18.1. The molecule has 0 radical (unpaired) electrons. The highest BCUT2D eigenvalue weighted by Crippen LogP contribution is 2.30. The van der Waals surface area contributed by atoms with Crippen molar-refractivity contribution >= 4 is 0 Å². The van der Waals surface area contributed by atoms with Crippen molar-refractivity contribution in [3.05, 3.63) is 29.6 Å². The van der Waals surface area contributed by atoms with E-state index >= 15 is 0 Å². The number of aryl methyl sites for hydroxylation is 1. The largest absolute Gasteiger partial charge is 0.310 e. The minimum absolute atomic E-state index is 0.491. The zero-order valence-corrected chi connectivity index (χ0v) is 13.2. The second-order valence-corrected chi connectivity index (χ2v) is 6.32. The third-order valence-electron chi connectivity index (χ3n) is 4.68. The Kier molecular flexibility index (Phi) is 6.52. The summed E-state index contributed by atoms with van der Waals surface area (Å²) in [6.07, 6.45) is 15.0. The Morgan fingerprint density at radius 2 is 2.10 bits per heavy atom. The van der Waals surface area contributed by atoms with Crippen LogP contribution in [-0.4, -0.2) is 11.5 Å². The molecule has 1 fully saturated rings. The Morgan fingerprint density at radius 1 is 1.30 bits per heavy atom. The molecule has 1 atom stereocenters. The van der Waals surface area contributed by atoms with E-state index in [1.165, 1.54) is 62.5 Å². The van der Waals surface area contributed by atoms with Crippen molar-refractivity contribution in [2.24, 2.45) is 5.92 Å². The van der Waals surface area contributed by atoms with E-state index in [4.69, 9.17) is 0 Å². The second-order valence-electron chi connectivity index (χ2n) is 6.32. The number of hydrogen-bond acceptors (Lipinski definition) is 2. The van der Waals surface area contributed by atoms with Gasteiger partial charge in [-0.05, 0) is 55.8 Å². The molecule has 2 nitrogen and oxygen atoms in total. The molecule has 1 N–H and O–H groups in total. The number of aromatic nitrogens is 1. The summed E-state index contributed by atoms with van der Waals surface area (Å²) in [5.74, 6) is 0.964. The summed E-state index contributed by atoms with van der Waals surface area (Å²) in [6, 6.07) is 2.63. The van der Waals surface area contributed by atoms with Crippen molar-refractivity contribution < 1.29 is 0 Å². The van der Waals surface area contributed by atoms with Crippen LogP contribution in [0.5, 0.6) is 0 Å². The number of nitrogens with zero attached hydrogens (tertiary/aromatic N) is 1. The predicted molar refractivity (Wildman–Crippen MR) is 85.8 cm³/mol. The first-order valence-corrected chi connectivity index (χ1v) is 8.45. The Bertz CT molecular complexity index is 383. The molecule has 2 heteroatoms. The highest BCUT2D eigenvalue weighted by Gasteiger charge is 2.18. The van der Waals surface area contributed by atoms with E-state index < -0.39 is 0 Å². The minimum atomic E-state index is 0.491. The molecule has 0 aromatic carbocycles. The molecular formula is C18H30N2. The van der Waals surface area contributed by atoms with Crippen molar-refractivity contribution in [2.75, 3.05) is 6.54 Å². The van der Waals surface area contributed by atoms with E-state index in [2.05, 4.69) is 36.4 Å². The summed E-state index contributed by atoms with van der Waals surface area (Å²) in [5, 5.41) is 3.73. The van der Waals surface area contributed by atoms with Crippen LogP contribution in [0.3, 0.4) is 0 Å². The summed E-state index contributed by atoms with van der Waals surface area (Å²) >= 11 is 0. The maximum Gasteiger partial charge on any atom is 0.0338 e. The lowest BCUT2D eigenvalue weighted by atomic mass is 9.84. The smallest absolute Gasteiger partial charge is 0.0338 e. The fourth-order valence-corrected chi connectivity index (χ4v) is 3.41. The Hall–Kier alpha value is -0.890. The van der Waals surface area contributed by atoms with Gasteiger partial charge in [0.05, 0.1) is 0 Å². The Labute approximate surface area is 124 Å². The van der Waals surface area contributed by atoms with Crippen LogP contribution in [0.25, 0.3) is 0 Å². The summed E-state index contributed by atoms with van der Waals surface area (Å²) in [7, 11) is 0. The van der Waals surface area contributed by atoms with E-state index in [0.29, 0.717) is 6.04 Å². The average Bonchev–Trinajstić information content (AvgIpc) is 2.49. The first kappa shape index (κ1) is 15.5. The molecule has 2 rings (SSSR count). The van der Waals surface area contributed by atoms with Gasteiger partial charge in [0.2, 0.25) is 0 Å². The molecule has 1 aliphatic carbocycles. The quantitative estimate of drug-likeness (QED) is 0.773. The van der Waals surface area contributed by atoms with E-state index in [9.17, 15) is 0 Å². The third-order valence-corrected chi connectivity index (χ3v) is 4.68. The van der Waals surface area contributed by atoms with Gasteiger partial charge >= 0.3 is 0 Å². The molecule has 0 amide bonds. The molecule has 0 bridgehead atoms. The highest BCUT2D eigenvalue weighted by molar-refractivity contribution is 5.25. The summed E-state index contributed by atoms with van der Waals surface area (Å²) in [6.45, 7) is 5.54. The third kappa shape index (κ3) is 4.59. The van der Waals surface area contributed by atoms with Gasteiger partial charge in [0.25, 0.3) is 0 Å². The molecule has 0 aliphatic heterocycles. The highest BCUT2D eigenvalue weighted by atomic mass is 14.9. The molecule has 1 aliphatic rings. The number of hydrogen-bond donors (Lipinski definition) is 1. The first-order valence-electron chi connectivity index (χ1n) is 8.45. The molecular weight excluding hydrogens is 244 g/mol. The van der Waals surface area contributed by atoms with Crippen molar-refractivity contribution in [1.29, 1.82) is 0 Å². The van der Waals surface area contributed by atoms with Crippen LogP contribution in [0, 0.1) is 12.8 Å². The monoisotopic (exact) mass is 274 g/mol. The number of rotatable bonds is 7. The van der Waals surface area contributed by atoms with Gasteiger partial charge in [0, 0.05) is 18.4 Å². The lowest BCUT2D eigenvalue weighted by Gasteiger charge is -2.25. The van der Waals surface area contributed by atoms with E-state index in [1.54, 1.807) is 0 Å². The molecule has 20 heavy (non-hydrogen) atoms. The minimum Gasteiger partial charge on any atom is -0.310 e. The first-order chi connectivity index (χ1) is 9.81. The molecule has 0 spiro atoms. The van der Waals surface area contributed by atoms with Gasteiger partial charge < -0.3 is 5.32 Å².